The van der Waals surface area contributed by atoms with E-state index in [0.29, 0.717) is 5.82 Å². The van der Waals surface area contributed by atoms with Gasteiger partial charge in [0.2, 0.25) is 5.91 Å². The fraction of sp³-hybridized carbons (Fsp3) is 0.385. The third kappa shape index (κ3) is 3.47. The molecule has 0 radical (unpaired) electrons. The van der Waals surface area contributed by atoms with Gasteiger partial charge in [-0.1, -0.05) is 0 Å². The molecule has 8 heteroatoms. The first kappa shape index (κ1) is 14.8. The smallest absolute Gasteiger partial charge is 0.338 e. The Kier molecular flexibility index (Phi) is 4.06. The molecule has 0 aromatic carbocycles. The summed E-state index contributed by atoms with van der Waals surface area (Å²) in [7, 11) is 0. The number of carbonyl (C=O) groups excluding carboxylic acids is 1. The van der Waals surface area contributed by atoms with Gasteiger partial charge in [-0.05, 0) is 20.8 Å². The van der Waals surface area contributed by atoms with Crippen LogP contribution in [-0.4, -0.2) is 36.5 Å². The van der Waals surface area contributed by atoms with E-state index in [1.54, 1.807) is 10.7 Å². The average Bonchev–Trinajstić information content (AvgIpc) is 2.96. The fourth-order valence-electron chi connectivity index (χ4n) is 1.89. The van der Waals surface area contributed by atoms with E-state index in [0.717, 1.165) is 5.69 Å². The number of hydrogen-bond donors (Lipinski definition) is 2. The van der Waals surface area contributed by atoms with E-state index < -0.39 is 5.97 Å². The van der Waals surface area contributed by atoms with Crippen LogP contribution in [-0.2, 0) is 11.3 Å². The second-order valence-corrected chi connectivity index (χ2v) is 4.99. The van der Waals surface area contributed by atoms with E-state index in [-0.39, 0.29) is 24.1 Å². The second-order valence-electron chi connectivity index (χ2n) is 4.99. The summed E-state index contributed by atoms with van der Waals surface area (Å²) in [6.07, 6.45) is 2.52. The zero-order valence-electron chi connectivity index (χ0n) is 12.1. The van der Waals surface area contributed by atoms with Crippen molar-refractivity contribution in [1.82, 2.24) is 19.6 Å². The molecule has 0 unspecified atom stereocenters. The molecular formula is C13H17N5O3. The summed E-state index contributed by atoms with van der Waals surface area (Å²) < 4.78 is 3.00. The maximum absolute atomic E-state index is 12.0. The first-order chi connectivity index (χ1) is 9.86. The number of rotatable bonds is 5. The minimum atomic E-state index is -1.07. The summed E-state index contributed by atoms with van der Waals surface area (Å²) in [4.78, 5) is 22.7. The molecule has 112 valence electrons. The number of nitrogens with one attached hydrogen (secondary N) is 1. The Morgan fingerprint density at radius 2 is 2.14 bits per heavy atom. The Morgan fingerprint density at radius 3 is 2.71 bits per heavy atom. The number of carboxylic acid groups (broad SMARTS) is 1. The number of anilines is 1. The largest absolute Gasteiger partial charge is 0.478 e. The number of nitrogens with zero attached hydrogens (tertiary/aromatic N) is 4. The van der Waals surface area contributed by atoms with E-state index in [4.69, 9.17) is 5.11 Å². The van der Waals surface area contributed by atoms with Gasteiger partial charge in [-0.3, -0.25) is 9.48 Å². The second kappa shape index (κ2) is 5.78. The number of aryl methyl sites for hydroxylation is 1. The van der Waals surface area contributed by atoms with Gasteiger partial charge >= 0.3 is 5.97 Å². The molecule has 0 fully saturated rings. The molecule has 2 N–H and O–H groups in total. The molecule has 0 aliphatic rings. The highest BCUT2D eigenvalue weighted by atomic mass is 16.4. The van der Waals surface area contributed by atoms with Crippen molar-refractivity contribution in [3.05, 3.63) is 29.7 Å². The van der Waals surface area contributed by atoms with Crippen molar-refractivity contribution in [3.63, 3.8) is 0 Å². The van der Waals surface area contributed by atoms with Gasteiger partial charge in [-0.25, -0.2) is 9.48 Å². The van der Waals surface area contributed by atoms with Crippen molar-refractivity contribution >= 4 is 17.7 Å². The fourth-order valence-corrected chi connectivity index (χ4v) is 1.89. The Balaban J connectivity index is 2.06. The number of hydrogen-bond acceptors (Lipinski definition) is 4. The zero-order chi connectivity index (χ0) is 15.6. The SMILES string of the molecule is Cc1cc(NC(=O)Cn2cc(C(=O)O)cn2)n(C(C)C)n1. The Bertz CT molecular complexity index is 671. The Labute approximate surface area is 121 Å². The molecule has 0 saturated heterocycles. The van der Waals surface area contributed by atoms with Crippen molar-refractivity contribution in [1.29, 1.82) is 0 Å². The highest BCUT2D eigenvalue weighted by Gasteiger charge is 2.13. The lowest BCUT2D eigenvalue weighted by atomic mass is 10.4. The lowest BCUT2D eigenvalue weighted by Gasteiger charge is -2.11. The van der Waals surface area contributed by atoms with Gasteiger partial charge in [0.25, 0.3) is 0 Å². The number of aromatic carboxylic acids is 1. The molecule has 0 atom stereocenters. The van der Waals surface area contributed by atoms with E-state index in [2.05, 4.69) is 15.5 Å². The molecule has 2 heterocycles. The van der Waals surface area contributed by atoms with Crippen molar-refractivity contribution in [2.24, 2.45) is 0 Å². The molecule has 2 aromatic heterocycles. The molecular weight excluding hydrogens is 274 g/mol. The molecule has 0 bridgehead atoms. The minimum Gasteiger partial charge on any atom is -0.478 e. The Morgan fingerprint density at radius 1 is 1.43 bits per heavy atom. The quantitative estimate of drug-likeness (QED) is 0.864. The van der Waals surface area contributed by atoms with Crippen molar-refractivity contribution < 1.29 is 14.7 Å². The van der Waals surface area contributed by atoms with E-state index in [9.17, 15) is 9.59 Å². The normalized spacial score (nSPS) is 10.9. The lowest BCUT2D eigenvalue weighted by molar-refractivity contribution is -0.117. The monoisotopic (exact) mass is 291 g/mol. The van der Waals surface area contributed by atoms with Crippen molar-refractivity contribution in [2.45, 2.75) is 33.4 Å². The van der Waals surface area contributed by atoms with Crippen molar-refractivity contribution in [3.8, 4) is 0 Å². The van der Waals surface area contributed by atoms with Crippen LogP contribution >= 0.6 is 0 Å². The lowest BCUT2D eigenvalue weighted by Crippen LogP contribution is -2.21. The molecule has 2 rings (SSSR count). The summed E-state index contributed by atoms with van der Waals surface area (Å²) in [5.41, 5.74) is 0.858. The predicted molar refractivity (Wildman–Crippen MR) is 75.2 cm³/mol. The van der Waals surface area contributed by atoms with Crippen LogP contribution in [0, 0.1) is 6.92 Å². The van der Waals surface area contributed by atoms with E-state index in [1.165, 1.54) is 17.1 Å². The maximum atomic E-state index is 12.0. The van der Waals surface area contributed by atoms with Crippen molar-refractivity contribution in [2.75, 3.05) is 5.32 Å². The molecule has 0 aliphatic heterocycles. The highest BCUT2D eigenvalue weighted by molar-refractivity contribution is 5.90. The van der Waals surface area contributed by atoms with Crippen LogP contribution in [0.25, 0.3) is 0 Å². The number of carboxylic acids is 1. The summed E-state index contributed by atoms with van der Waals surface area (Å²) >= 11 is 0. The van der Waals surface area contributed by atoms with E-state index >= 15 is 0 Å². The minimum absolute atomic E-state index is 0.0471. The molecule has 8 nitrogen and oxygen atoms in total. The summed E-state index contributed by atoms with van der Waals surface area (Å²) in [5.74, 6) is -0.759. The molecule has 2 aromatic rings. The summed E-state index contributed by atoms with van der Waals surface area (Å²) in [5, 5.41) is 19.7. The van der Waals surface area contributed by atoms with Gasteiger partial charge in [-0.2, -0.15) is 10.2 Å². The molecule has 0 saturated carbocycles. The van der Waals surface area contributed by atoms with Gasteiger partial charge in [0.1, 0.15) is 12.4 Å². The van der Waals surface area contributed by atoms with Crippen LogP contribution < -0.4 is 5.32 Å². The standard InChI is InChI=1S/C13H17N5O3/c1-8(2)18-11(4-9(3)16-18)15-12(19)7-17-6-10(5-14-17)13(20)21/h4-6,8H,7H2,1-3H3,(H,15,19)(H,20,21). The molecule has 0 aliphatic carbocycles. The zero-order valence-corrected chi connectivity index (χ0v) is 12.1. The third-order valence-electron chi connectivity index (χ3n) is 2.80. The summed E-state index contributed by atoms with van der Waals surface area (Å²) in [6.45, 7) is 5.72. The number of carbonyl (C=O) groups is 2. The van der Waals surface area contributed by atoms with Crippen LogP contribution in [0.15, 0.2) is 18.5 Å². The topological polar surface area (TPSA) is 102 Å². The van der Waals surface area contributed by atoms with Gasteiger partial charge in [0, 0.05) is 18.3 Å². The average molecular weight is 291 g/mol. The maximum Gasteiger partial charge on any atom is 0.338 e. The van der Waals surface area contributed by atoms with Gasteiger partial charge in [0.15, 0.2) is 0 Å². The van der Waals surface area contributed by atoms with Gasteiger partial charge in [-0.15, -0.1) is 0 Å². The van der Waals surface area contributed by atoms with Crippen LogP contribution in [0.1, 0.15) is 35.9 Å². The van der Waals surface area contributed by atoms with Crippen LogP contribution in [0.2, 0.25) is 0 Å². The van der Waals surface area contributed by atoms with E-state index in [1.807, 2.05) is 20.8 Å². The van der Waals surface area contributed by atoms with Crippen LogP contribution in [0.5, 0.6) is 0 Å². The highest BCUT2D eigenvalue weighted by Crippen LogP contribution is 2.15. The molecule has 0 spiro atoms. The van der Waals surface area contributed by atoms with Crippen LogP contribution in [0.3, 0.4) is 0 Å². The molecule has 21 heavy (non-hydrogen) atoms. The third-order valence-corrected chi connectivity index (χ3v) is 2.80. The van der Waals surface area contributed by atoms with Gasteiger partial charge in [0.05, 0.1) is 17.5 Å². The van der Waals surface area contributed by atoms with Crippen LogP contribution in [0.4, 0.5) is 5.82 Å². The first-order valence-electron chi connectivity index (χ1n) is 6.48. The van der Waals surface area contributed by atoms with Gasteiger partial charge < -0.3 is 10.4 Å². The number of amides is 1. The molecule has 1 amide bonds. The Hall–Kier alpha value is -2.64. The summed E-state index contributed by atoms with van der Waals surface area (Å²) in [6, 6.07) is 1.90. The first-order valence-corrected chi connectivity index (χ1v) is 6.48. The number of aromatic nitrogens is 4. The predicted octanol–water partition coefficient (Wildman–Crippen LogP) is 1.31.